The number of fused-ring (bicyclic) bond motifs is 1. The number of aromatic amines is 1. The third-order valence-electron chi connectivity index (χ3n) is 5.07. The van der Waals surface area contributed by atoms with Gasteiger partial charge in [-0.25, -0.2) is 19.2 Å². The molecule has 2 amide bonds. The van der Waals surface area contributed by atoms with E-state index in [1.165, 1.54) is 29.7 Å². The zero-order valence-electron chi connectivity index (χ0n) is 20.2. The Hall–Kier alpha value is -3.86. The minimum atomic E-state index is -0.663. The van der Waals surface area contributed by atoms with Gasteiger partial charge in [0, 0.05) is 24.5 Å². The first kappa shape index (κ1) is 25.2. The molecular weight excluding hydrogens is 483 g/mol. The molecular formula is C25H27FN6O3S. The van der Waals surface area contributed by atoms with Gasteiger partial charge in [0.2, 0.25) is 0 Å². The number of nitrogens with one attached hydrogen (secondary N) is 2. The van der Waals surface area contributed by atoms with Crippen LogP contribution in [0.4, 0.5) is 9.18 Å². The largest absolute Gasteiger partial charge is 0.444 e. The number of carbonyl (C=O) groups is 2. The van der Waals surface area contributed by atoms with E-state index in [1.807, 2.05) is 24.3 Å². The second kappa shape index (κ2) is 10.8. The van der Waals surface area contributed by atoms with E-state index in [0.717, 1.165) is 16.9 Å². The maximum atomic E-state index is 13.8. The Morgan fingerprint density at radius 3 is 2.72 bits per heavy atom. The topological polar surface area (TPSA) is 113 Å². The van der Waals surface area contributed by atoms with Crippen molar-refractivity contribution in [3.63, 3.8) is 0 Å². The van der Waals surface area contributed by atoms with Crippen LogP contribution in [-0.2, 0) is 24.2 Å². The third kappa shape index (κ3) is 6.63. The summed E-state index contributed by atoms with van der Waals surface area (Å²) < 4.78 is 19.3. The summed E-state index contributed by atoms with van der Waals surface area (Å²) >= 11 is 1.26. The van der Waals surface area contributed by atoms with Crippen LogP contribution in [0.15, 0.2) is 48.0 Å². The molecule has 0 fully saturated rings. The van der Waals surface area contributed by atoms with Crippen molar-refractivity contribution in [1.29, 1.82) is 0 Å². The maximum absolute atomic E-state index is 13.8. The Morgan fingerprint density at radius 1 is 1.17 bits per heavy atom. The van der Waals surface area contributed by atoms with Crippen LogP contribution in [0.25, 0.3) is 11.0 Å². The highest BCUT2D eigenvalue weighted by Crippen LogP contribution is 2.17. The number of amides is 2. The van der Waals surface area contributed by atoms with Gasteiger partial charge in [0.25, 0.3) is 5.91 Å². The van der Waals surface area contributed by atoms with Gasteiger partial charge in [-0.3, -0.25) is 9.78 Å². The highest BCUT2D eigenvalue weighted by molar-refractivity contribution is 7.09. The predicted octanol–water partition coefficient (Wildman–Crippen LogP) is 4.46. The smallest absolute Gasteiger partial charge is 0.410 e. The number of rotatable bonds is 8. The summed E-state index contributed by atoms with van der Waals surface area (Å²) in [4.78, 5) is 43.1. The molecule has 0 aliphatic rings. The van der Waals surface area contributed by atoms with Crippen LogP contribution in [0.1, 0.15) is 47.8 Å². The molecule has 0 unspecified atom stereocenters. The minimum absolute atomic E-state index is 0.0557. The van der Waals surface area contributed by atoms with Crippen LogP contribution in [0, 0.1) is 5.82 Å². The van der Waals surface area contributed by atoms with E-state index in [4.69, 9.17) is 4.74 Å². The third-order valence-corrected chi connectivity index (χ3v) is 5.90. The summed E-state index contributed by atoms with van der Waals surface area (Å²) in [6.07, 6.45) is 1.47. The van der Waals surface area contributed by atoms with E-state index in [2.05, 4.69) is 25.3 Å². The van der Waals surface area contributed by atoms with Crippen LogP contribution in [0.2, 0.25) is 0 Å². The van der Waals surface area contributed by atoms with Crippen molar-refractivity contribution in [3.8, 4) is 0 Å². The first-order chi connectivity index (χ1) is 17.2. The molecule has 2 N–H and O–H groups in total. The number of halogens is 1. The molecule has 11 heteroatoms. The number of hydrogen-bond donors (Lipinski definition) is 2. The average Bonchev–Trinajstić information content (AvgIpc) is 3.46. The van der Waals surface area contributed by atoms with Gasteiger partial charge in [-0.15, -0.1) is 11.3 Å². The van der Waals surface area contributed by atoms with Crippen LogP contribution in [0.5, 0.6) is 0 Å². The standard InChI is InChI=1S/C25H27FN6O3S/c1-25(2,3)35-24(34)32(12-10-21-29-17-8-4-5-9-18(17)30-21)14-22-31-20(15-36-22)23(33)28-13-19-16(26)7-6-11-27-19/h4-9,11,15H,10,12-14H2,1-3H3,(H,28,33)(H,29,30). The number of aromatic nitrogens is 4. The number of imidazole rings is 1. The average molecular weight is 511 g/mol. The normalized spacial score (nSPS) is 11.4. The molecule has 0 aliphatic carbocycles. The van der Waals surface area contributed by atoms with Crippen molar-refractivity contribution in [2.75, 3.05) is 6.54 Å². The molecule has 3 heterocycles. The molecule has 3 aromatic heterocycles. The van der Waals surface area contributed by atoms with E-state index in [9.17, 15) is 14.0 Å². The molecule has 4 aromatic rings. The summed E-state index contributed by atoms with van der Waals surface area (Å²) in [5, 5.41) is 4.79. The lowest BCUT2D eigenvalue weighted by Gasteiger charge is -2.26. The number of ether oxygens (including phenoxy) is 1. The molecule has 36 heavy (non-hydrogen) atoms. The molecule has 0 atom stereocenters. The van der Waals surface area contributed by atoms with Gasteiger partial charge < -0.3 is 19.9 Å². The molecule has 0 radical (unpaired) electrons. The lowest BCUT2D eigenvalue weighted by atomic mass is 10.2. The molecule has 9 nitrogen and oxygen atoms in total. The monoisotopic (exact) mass is 510 g/mol. The zero-order chi connectivity index (χ0) is 25.7. The second-order valence-electron chi connectivity index (χ2n) is 9.09. The first-order valence-corrected chi connectivity index (χ1v) is 12.3. The fourth-order valence-corrected chi connectivity index (χ4v) is 4.17. The molecule has 0 bridgehead atoms. The van der Waals surface area contributed by atoms with Gasteiger partial charge in [0.05, 0.1) is 29.8 Å². The van der Waals surface area contributed by atoms with Crippen molar-refractivity contribution in [1.82, 2.24) is 30.2 Å². The van der Waals surface area contributed by atoms with Crippen molar-refractivity contribution in [2.45, 2.75) is 45.9 Å². The Kier molecular flexibility index (Phi) is 7.58. The number of para-hydroxylation sites is 2. The van der Waals surface area contributed by atoms with Gasteiger partial charge in [-0.2, -0.15) is 0 Å². The van der Waals surface area contributed by atoms with Crippen LogP contribution in [0.3, 0.4) is 0 Å². The fourth-order valence-electron chi connectivity index (χ4n) is 3.38. The Morgan fingerprint density at radius 2 is 1.97 bits per heavy atom. The molecule has 188 valence electrons. The van der Waals surface area contributed by atoms with E-state index in [-0.39, 0.29) is 24.5 Å². The molecule has 0 saturated carbocycles. The number of nitrogens with zero attached hydrogens (tertiary/aromatic N) is 4. The first-order valence-electron chi connectivity index (χ1n) is 11.4. The highest BCUT2D eigenvalue weighted by Gasteiger charge is 2.24. The number of benzene rings is 1. The minimum Gasteiger partial charge on any atom is -0.444 e. The van der Waals surface area contributed by atoms with Gasteiger partial charge in [0.15, 0.2) is 0 Å². The summed E-state index contributed by atoms with van der Waals surface area (Å²) in [6, 6.07) is 10.5. The number of carbonyl (C=O) groups excluding carboxylic acids is 2. The predicted molar refractivity (Wildman–Crippen MR) is 134 cm³/mol. The van der Waals surface area contributed by atoms with Crippen LogP contribution in [-0.4, -0.2) is 49.0 Å². The van der Waals surface area contributed by atoms with Gasteiger partial charge in [-0.05, 0) is 45.0 Å². The summed E-state index contributed by atoms with van der Waals surface area (Å²) in [5.41, 5.74) is 1.45. The van der Waals surface area contributed by atoms with Crippen molar-refractivity contribution >= 4 is 34.4 Å². The van der Waals surface area contributed by atoms with E-state index >= 15 is 0 Å². The molecule has 0 spiro atoms. The Bertz CT molecular complexity index is 1330. The van der Waals surface area contributed by atoms with Crippen LogP contribution < -0.4 is 5.32 Å². The molecule has 0 saturated heterocycles. The van der Waals surface area contributed by atoms with Gasteiger partial charge >= 0.3 is 6.09 Å². The number of hydrogen-bond acceptors (Lipinski definition) is 7. The van der Waals surface area contributed by atoms with Crippen molar-refractivity contribution in [3.05, 3.63) is 76.0 Å². The van der Waals surface area contributed by atoms with Crippen LogP contribution >= 0.6 is 11.3 Å². The number of pyridine rings is 1. The van der Waals surface area contributed by atoms with Crippen molar-refractivity contribution in [2.24, 2.45) is 0 Å². The summed E-state index contributed by atoms with van der Waals surface area (Å²) in [7, 11) is 0. The number of H-pyrrole nitrogens is 1. The molecule has 4 rings (SSSR count). The Balaban J connectivity index is 1.42. The van der Waals surface area contributed by atoms with E-state index < -0.39 is 23.4 Å². The van der Waals surface area contributed by atoms with Gasteiger partial charge in [0.1, 0.15) is 27.9 Å². The van der Waals surface area contributed by atoms with Gasteiger partial charge in [-0.1, -0.05) is 12.1 Å². The fraction of sp³-hybridized carbons (Fsp3) is 0.320. The maximum Gasteiger partial charge on any atom is 0.410 e. The second-order valence-corrected chi connectivity index (χ2v) is 10.0. The summed E-state index contributed by atoms with van der Waals surface area (Å²) in [5.74, 6) is -0.186. The zero-order valence-corrected chi connectivity index (χ0v) is 21.1. The molecule has 0 aliphatic heterocycles. The van der Waals surface area contributed by atoms with E-state index in [1.54, 1.807) is 31.1 Å². The number of thiazole rings is 1. The van der Waals surface area contributed by atoms with Crippen molar-refractivity contribution < 1.29 is 18.7 Å². The quantitative estimate of drug-likeness (QED) is 0.362. The lowest BCUT2D eigenvalue weighted by Crippen LogP contribution is -2.37. The molecule has 1 aromatic carbocycles. The summed E-state index contributed by atoms with van der Waals surface area (Å²) in [6.45, 7) is 5.87. The lowest BCUT2D eigenvalue weighted by molar-refractivity contribution is 0.0235. The highest BCUT2D eigenvalue weighted by atomic mass is 32.1. The Labute approximate surface area is 211 Å². The SMILES string of the molecule is CC(C)(C)OC(=O)N(CCc1nc2ccccc2[nH]1)Cc1nc(C(=O)NCc2ncccc2F)cs1. The van der Waals surface area contributed by atoms with E-state index in [0.29, 0.717) is 18.0 Å².